The number of methoxy groups -OCH3 is 1. The Morgan fingerprint density at radius 3 is 2.55 bits per heavy atom. The molecule has 10 heteroatoms. The zero-order valence-electron chi connectivity index (χ0n) is 21.2. The average Bonchev–Trinajstić information content (AvgIpc) is 3.33. The van der Waals surface area contributed by atoms with Crippen LogP contribution in [-0.2, 0) is 6.18 Å². The molecule has 0 unspecified atom stereocenters. The van der Waals surface area contributed by atoms with Crippen LogP contribution in [0.3, 0.4) is 0 Å². The Bertz CT molecular complexity index is 1820. The van der Waals surface area contributed by atoms with Gasteiger partial charge in [-0.25, -0.2) is 4.98 Å². The van der Waals surface area contributed by atoms with Gasteiger partial charge in [0.2, 0.25) is 0 Å². The molecule has 0 atom stereocenters. The fraction of sp³-hybridized carbons (Fsp3) is 0.167. The van der Waals surface area contributed by atoms with Gasteiger partial charge in [-0.15, -0.1) is 0 Å². The van der Waals surface area contributed by atoms with Gasteiger partial charge >= 0.3 is 6.18 Å². The first-order chi connectivity index (χ1) is 19.3. The summed E-state index contributed by atoms with van der Waals surface area (Å²) in [5.41, 5.74) is 0.907. The molecule has 0 bridgehead atoms. The van der Waals surface area contributed by atoms with Gasteiger partial charge in [0.25, 0.3) is 5.56 Å². The van der Waals surface area contributed by atoms with Crippen molar-refractivity contribution in [3.63, 3.8) is 0 Å². The summed E-state index contributed by atoms with van der Waals surface area (Å²) in [5, 5.41) is 8.82. The summed E-state index contributed by atoms with van der Waals surface area (Å²) in [7, 11) is 1.52. The van der Waals surface area contributed by atoms with Crippen LogP contribution in [0.15, 0.2) is 71.5 Å². The number of nitriles is 1. The van der Waals surface area contributed by atoms with Gasteiger partial charge < -0.3 is 9.47 Å². The van der Waals surface area contributed by atoms with Gasteiger partial charge in [0.05, 0.1) is 46.8 Å². The zero-order valence-corrected chi connectivity index (χ0v) is 22.1. The molecule has 0 saturated carbocycles. The summed E-state index contributed by atoms with van der Waals surface area (Å²) in [6.07, 6.45) is -0.244. The summed E-state index contributed by atoms with van der Waals surface area (Å²) in [6, 6.07) is 19.3. The number of thiazole rings is 1. The van der Waals surface area contributed by atoms with E-state index in [0.29, 0.717) is 58.2 Å². The van der Waals surface area contributed by atoms with Gasteiger partial charge in [0.15, 0.2) is 16.5 Å². The first kappa shape index (κ1) is 27.0. The van der Waals surface area contributed by atoms with Gasteiger partial charge in [-0.3, -0.25) is 9.20 Å². The number of hydrogen-bond donors (Lipinski definition) is 0. The summed E-state index contributed by atoms with van der Waals surface area (Å²) in [4.78, 5) is 19.1. The topological polar surface area (TPSA) is 76.6 Å². The maximum atomic E-state index is 13.9. The Balaban J connectivity index is 1.66. The number of para-hydroxylation sites is 2. The number of unbranched alkanes of at least 4 members (excludes halogenated alkanes) is 1. The van der Waals surface area contributed by atoms with Crippen molar-refractivity contribution >= 4 is 38.7 Å². The third-order valence-electron chi connectivity index (χ3n) is 6.22. The summed E-state index contributed by atoms with van der Waals surface area (Å²) in [6.45, 7) is 0.304. The largest absolute Gasteiger partial charge is 0.493 e. The lowest BCUT2D eigenvalue weighted by Gasteiger charge is -2.13. The quantitative estimate of drug-likeness (QED) is 0.184. The minimum atomic E-state index is -4.50. The van der Waals surface area contributed by atoms with E-state index in [4.69, 9.17) is 19.7 Å². The molecule has 0 fully saturated rings. The maximum Gasteiger partial charge on any atom is 0.416 e. The standard InChI is InChI=1S/C30H22F3N3O3S/c1-38-24-9-6-7-20(27(24)39-18-5-4-17-34)13-16-22-26(19-11-14-21(15-12-19)30(31,32)33)28(37)36-23-8-2-3-10-25(23)40-29(36)35-22/h2-3,6-16H,4-5,18H2,1H3. The van der Waals surface area contributed by atoms with Crippen molar-refractivity contribution in [2.24, 2.45) is 0 Å². The van der Waals surface area contributed by atoms with Crippen molar-refractivity contribution in [3.8, 4) is 28.7 Å². The molecule has 0 aliphatic heterocycles. The second-order valence-corrected chi connectivity index (χ2v) is 9.77. The van der Waals surface area contributed by atoms with Crippen LogP contribution < -0.4 is 15.0 Å². The van der Waals surface area contributed by atoms with E-state index < -0.39 is 11.7 Å². The maximum absolute atomic E-state index is 13.9. The fourth-order valence-corrected chi connectivity index (χ4v) is 5.34. The molecule has 2 heterocycles. The van der Waals surface area contributed by atoms with Crippen molar-refractivity contribution < 1.29 is 22.6 Å². The Kier molecular flexibility index (Phi) is 7.58. The molecule has 6 nitrogen and oxygen atoms in total. The Morgan fingerprint density at radius 1 is 1.05 bits per heavy atom. The van der Waals surface area contributed by atoms with Gasteiger partial charge in [-0.2, -0.15) is 18.4 Å². The molecule has 2 aromatic heterocycles. The highest BCUT2D eigenvalue weighted by Gasteiger charge is 2.30. The second-order valence-electron chi connectivity index (χ2n) is 8.76. The molecule has 0 aliphatic carbocycles. The van der Waals surface area contributed by atoms with Crippen molar-refractivity contribution in [1.82, 2.24) is 9.38 Å². The molecule has 5 aromatic rings. The van der Waals surface area contributed by atoms with Crippen LogP contribution in [0.1, 0.15) is 29.7 Å². The van der Waals surface area contributed by atoms with Crippen molar-refractivity contribution in [2.75, 3.05) is 13.7 Å². The van der Waals surface area contributed by atoms with E-state index in [9.17, 15) is 18.0 Å². The molecule has 0 N–H and O–H groups in total. The summed E-state index contributed by atoms with van der Waals surface area (Å²) >= 11 is 1.34. The van der Waals surface area contributed by atoms with E-state index in [-0.39, 0.29) is 11.1 Å². The Hall–Kier alpha value is -4.62. The number of hydrogen-bond acceptors (Lipinski definition) is 6. The molecule has 0 spiro atoms. The highest BCUT2D eigenvalue weighted by molar-refractivity contribution is 7.23. The predicted octanol–water partition coefficient (Wildman–Crippen LogP) is 7.46. The van der Waals surface area contributed by atoms with E-state index in [1.807, 2.05) is 18.2 Å². The smallest absolute Gasteiger partial charge is 0.416 e. The highest BCUT2D eigenvalue weighted by atomic mass is 32.1. The van der Waals surface area contributed by atoms with E-state index in [1.165, 1.54) is 35.0 Å². The molecule has 0 amide bonds. The van der Waals surface area contributed by atoms with E-state index in [2.05, 4.69) is 6.07 Å². The Morgan fingerprint density at radius 2 is 1.82 bits per heavy atom. The molecule has 40 heavy (non-hydrogen) atoms. The molecule has 0 saturated heterocycles. The molecule has 202 valence electrons. The van der Waals surface area contributed by atoms with Crippen LogP contribution in [0.5, 0.6) is 11.5 Å². The van der Waals surface area contributed by atoms with Crippen molar-refractivity contribution in [3.05, 3.63) is 93.9 Å². The van der Waals surface area contributed by atoms with Gasteiger partial charge in [0.1, 0.15) is 0 Å². The minimum absolute atomic E-state index is 0.172. The van der Waals surface area contributed by atoms with E-state index >= 15 is 0 Å². The van der Waals surface area contributed by atoms with Gasteiger partial charge in [-0.1, -0.05) is 47.7 Å². The van der Waals surface area contributed by atoms with Crippen molar-refractivity contribution in [1.29, 1.82) is 5.26 Å². The zero-order chi connectivity index (χ0) is 28.3. The monoisotopic (exact) mass is 561 g/mol. The second kappa shape index (κ2) is 11.2. The summed E-state index contributed by atoms with van der Waals surface area (Å²) in [5.74, 6) is 0.963. The SMILES string of the molecule is COc1cccc(C=Cc2nc3sc4ccccc4n3c(=O)c2-c2ccc(C(F)(F)F)cc2)c1OCCCC#N. The van der Waals surface area contributed by atoms with Crippen LogP contribution in [0, 0.1) is 11.3 Å². The average molecular weight is 562 g/mol. The number of ether oxygens (including phenoxy) is 2. The Labute approximate surface area is 231 Å². The third kappa shape index (κ3) is 5.28. The number of fused-ring (bicyclic) bond motifs is 3. The number of halogens is 3. The predicted molar refractivity (Wildman–Crippen MR) is 150 cm³/mol. The lowest BCUT2D eigenvalue weighted by molar-refractivity contribution is -0.137. The summed E-state index contributed by atoms with van der Waals surface area (Å²) < 4.78 is 53.4. The first-order valence-electron chi connectivity index (χ1n) is 12.3. The normalized spacial score (nSPS) is 11.8. The highest BCUT2D eigenvalue weighted by Crippen LogP contribution is 2.35. The van der Waals surface area contributed by atoms with Crippen LogP contribution in [0.2, 0.25) is 0 Å². The van der Waals surface area contributed by atoms with E-state index in [1.54, 1.807) is 36.4 Å². The molecule has 5 rings (SSSR count). The van der Waals surface area contributed by atoms with Gasteiger partial charge in [-0.05, 0) is 54.5 Å². The van der Waals surface area contributed by atoms with Crippen LogP contribution in [0.4, 0.5) is 13.2 Å². The van der Waals surface area contributed by atoms with Crippen molar-refractivity contribution in [2.45, 2.75) is 19.0 Å². The third-order valence-corrected chi connectivity index (χ3v) is 7.24. The lowest BCUT2D eigenvalue weighted by atomic mass is 10.0. The molecular formula is C30H22F3N3O3S. The number of nitrogens with zero attached hydrogens (tertiary/aromatic N) is 3. The van der Waals surface area contributed by atoms with Gasteiger partial charge in [0, 0.05) is 12.0 Å². The van der Waals surface area contributed by atoms with Crippen LogP contribution in [-0.4, -0.2) is 23.1 Å². The number of alkyl halides is 3. The number of aromatic nitrogens is 2. The molecule has 0 aliphatic rings. The first-order valence-corrected chi connectivity index (χ1v) is 13.1. The molecule has 0 radical (unpaired) electrons. The van der Waals surface area contributed by atoms with E-state index in [0.717, 1.165) is 16.8 Å². The van der Waals surface area contributed by atoms with Crippen LogP contribution in [0.25, 0.3) is 38.5 Å². The number of benzene rings is 3. The van der Waals surface area contributed by atoms with Crippen LogP contribution >= 0.6 is 11.3 Å². The molecule has 3 aromatic carbocycles. The minimum Gasteiger partial charge on any atom is -0.493 e. The molecular weight excluding hydrogens is 539 g/mol. The number of rotatable bonds is 8. The lowest BCUT2D eigenvalue weighted by Crippen LogP contribution is -2.17. The fourth-order valence-electron chi connectivity index (χ4n) is 4.32.